The van der Waals surface area contributed by atoms with Crippen LogP contribution >= 0.6 is 11.3 Å². The van der Waals surface area contributed by atoms with Crippen LogP contribution in [0.1, 0.15) is 98.2 Å². The molecule has 7 atom stereocenters. The monoisotopic (exact) mass is 592 g/mol. The van der Waals surface area contributed by atoms with Gasteiger partial charge in [-0.2, -0.15) is 0 Å². The van der Waals surface area contributed by atoms with Gasteiger partial charge in [0.05, 0.1) is 46.8 Å². The maximum absolute atomic E-state index is 13.4. The molecule has 0 saturated carbocycles. The summed E-state index contributed by atoms with van der Waals surface area (Å²) in [5.41, 5.74) is -0.380. The number of aliphatic hydroxyl groups is 2. The molecular weight excluding hydrogens is 544 g/mol. The van der Waals surface area contributed by atoms with Gasteiger partial charge < -0.3 is 19.7 Å². The average Bonchev–Trinajstić information content (AvgIpc) is 3.39. The Bertz CT molecular complexity index is 1140. The zero-order valence-corrected chi connectivity index (χ0v) is 26.8. The second-order valence-corrected chi connectivity index (χ2v) is 14.5. The van der Waals surface area contributed by atoms with Crippen LogP contribution in [0.4, 0.5) is 4.79 Å². The molecule has 9 nitrogen and oxygen atoms in total. The lowest BCUT2D eigenvalue weighted by Crippen LogP contribution is -2.45. The minimum Gasteiger partial charge on any atom is -0.458 e. The second-order valence-electron chi connectivity index (χ2n) is 13.4. The van der Waals surface area contributed by atoms with Gasteiger partial charge in [-0.15, -0.1) is 11.3 Å². The molecule has 41 heavy (non-hydrogen) atoms. The summed E-state index contributed by atoms with van der Waals surface area (Å²) in [5, 5.41) is 24.8. The Kier molecular flexibility index (Phi) is 10.5. The largest absolute Gasteiger partial charge is 0.458 e. The fourth-order valence-electron chi connectivity index (χ4n) is 5.68. The van der Waals surface area contributed by atoms with Crippen molar-refractivity contribution < 1.29 is 34.1 Å². The zero-order valence-electron chi connectivity index (χ0n) is 26.0. The second kappa shape index (κ2) is 12.9. The first kappa shape index (κ1) is 33.2. The van der Waals surface area contributed by atoms with E-state index in [4.69, 9.17) is 9.47 Å². The third-order valence-corrected chi connectivity index (χ3v) is 9.21. The lowest BCUT2D eigenvalue weighted by molar-refractivity contribution is -0.154. The number of hydrogen-bond donors (Lipinski definition) is 2. The molecule has 0 bridgehead atoms. The van der Waals surface area contributed by atoms with Crippen molar-refractivity contribution in [3.05, 3.63) is 21.7 Å². The van der Waals surface area contributed by atoms with Crippen LogP contribution in [0.2, 0.25) is 0 Å². The minimum absolute atomic E-state index is 0.0961. The quantitative estimate of drug-likeness (QED) is 0.350. The molecule has 2 aliphatic heterocycles. The number of thiazole rings is 1. The van der Waals surface area contributed by atoms with Gasteiger partial charge in [0.2, 0.25) is 0 Å². The highest BCUT2D eigenvalue weighted by molar-refractivity contribution is 7.09. The molecule has 1 aromatic rings. The van der Waals surface area contributed by atoms with Crippen molar-refractivity contribution in [2.24, 2.45) is 17.3 Å². The van der Waals surface area contributed by atoms with Gasteiger partial charge in [0.25, 0.3) is 0 Å². The zero-order chi connectivity index (χ0) is 30.9. The fourth-order valence-corrected chi connectivity index (χ4v) is 6.25. The fraction of sp³-hybridized carbons (Fsp3) is 0.742. The summed E-state index contributed by atoms with van der Waals surface area (Å²) in [4.78, 5) is 45.9. The topological polar surface area (TPSA) is 126 Å². The summed E-state index contributed by atoms with van der Waals surface area (Å²) >= 11 is 1.52. The number of Topliss-reactive ketones (excluding diaryl/α,β-unsaturated/α-hetero) is 1. The Hall–Kier alpha value is -2.30. The van der Waals surface area contributed by atoms with E-state index in [2.05, 4.69) is 4.98 Å². The standard InChI is InChI=1S/C31H48N2O7S/c1-17-11-10-12-22-23(33(22)29(38)40-30(5,6)7)14-24(18(2)13-21-16-41-20(4)32-21)39-26(35)15-25(34)31(8,9)28(37)19(3)27(17)36/h13,16-17,19,22-25,27,34,36H,10-12,14-15H2,1-9H3/b18-13+/t17-,19+,22+,23-,24-,25-,27-,33?/m0/s1. The van der Waals surface area contributed by atoms with Crippen LogP contribution in [0.25, 0.3) is 6.08 Å². The third kappa shape index (κ3) is 8.38. The van der Waals surface area contributed by atoms with Gasteiger partial charge in [-0.25, -0.2) is 9.78 Å². The number of carbonyl (C=O) groups excluding carboxylic acids is 3. The number of esters is 1. The van der Waals surface area contributed by atoms with E-state index in [1.165, 1.54) is 11.3 Å². The molecule has 10 heteroatoms. The number of aliphatic hydroxyl groups excluding tert-OH is 2. The summed E-state index contributed by atoms with van der Waals surface area (Å²) in [6.45, 7) is 16.1. The molecular formula is C31H48N2O7S. The summed E-state index contributed by atoms with van der Waals surface area (Å²) in [7, 11) is 0. The van der Waals surface area contributed by atoms with Crippen molar-refractivity contribution in [3.8, 4) is 0 Å². The number of ketones is 1. The highest BCUT2D eigenvalue weighted by Gasteiger charge is 2.53. The summed E-state index contributed by atoms with van der Waals surface area (Å²) in [6.07, 6.45) is 0.730. The molecule has 0 radical (unpaired) electrons. The maximum Gasteiger partial charge on any atom is 0.410 e. The van der Waals surface area contributed by atoms with Crippen LogP contribution in [0, 0.1) is 24.2 Å². The van der Waals surface area contributed by atoms with Crippen LogP contribution in [0.5, 0.6) is 0 Å². The summed E-state index contributed by atoms with van der Waals surface area (Å²) < 4.78 is 11.6. The number of cyclic esters (lactones) is 1. The van der Waals surface area contributed by atoms with Crippen LogP contribution in [0.15, 0.2) is 11.0 Å². The van der Waals surface area contributed by atoms with E-state index >= 15 is 0 Å². The van der Waals surface area contributed by atoms with Crippen molar-refractivity contribution in [2.45, 2.75) is 130 Å². The van der Waals surface area contributed by atoms with Gasteiger partial charge in [-0.05, 0) is 65.0 Å². The van der Waals surface area contributed by atoms with Crippen molar-refractivity contribution in [1.82, 2.24) is 9.88 Å². The number of rotatable bonds is 2. The molecule has 2 fully saturated rings. The van der Waals surface area contributed by atoms with E-state index in [1.54, 1.807) is 25.7 Å². The number of fused-ring (bicyclic) bond motifs is 1. The van der Waals surface area contributed by atoms with Crippen molar-refractivity contribution in [2.75, 3.05) is 0 Å². The number of hydrogen-bond acceptors (Lipinski definition) is 9. The van der Waals surface area contributed by atoms with E-state index in [1.807, 2.05) is 53.0 Å². The molecule has 0 aliphatic carbocycles. The van der Waals surface area contributed by atoms with Gasteiger partial charge >= 0.3 is 12.1 Å². The van der Waals surface area contributed by atoms with Gasteiger partial charge in [-0.1, -0.05) is 34.1 Å². The van der Waals surface area contributed by atoms with Crippen LogP contribution < -0.4 is 0 Å². The predicted molar refractivity (Wildman–Crippen MR) is 158 cm³/mol. The molecule has 3 heterocycles. The minimum atomic E-state index is -1.29. The highest BCUT2D eigenvalue weighted by Crippen LogP contribution is 2.40. The Morgan fingerprint density at radius 1 is 1.20 bits per heavy atom. The highest BCUT2D eigenvalue weighted by atomic mass is 32.1. The van der Waals surface area contributed by atoms with Crippen LogP contribution in [0.3, 0.4) is 0 Å². The number of aryl methyl sites for hydroxylation is 1. The first-order chi connectivity index (χ1) is 18.9. The van der Waals surface area contributed by atoms with Crippen molar-refractivity contribution in [1.29, 1.82) is 0 Å². The van der Waals surface area contributed by atoms with Crippen molar-refractivity contribution >= 4 is 35.3 Å². The molecule has 1 aromatic heterocycles. The Balaban J connectivity index is 1.94. The van der Waals surface area contributed by atoms with Crippen molar-refractivity contribution in [3.63, 3.8) is 0 Å². The Labute approximate surface area is 248 Å². The molecule has 0 spiro atoms. The normalized spacial score (nSPS) is 32.2. The number of aromatic nitrogens is 1. The first-order valence-electron chi connectivity index (χ1n) is 14.6. The maximum atomic E-state index is 13.4. The number of ether oxygens (including phenoxy) is 2. The van der Waals surface area contributed by atoms with E-state index in [0.717, 1.165) is 22.7 Å². The molecule has 3 rings (SSSR count). The van der Waals surface area contributed by atoms with E-state index in [9.17, 15) is 24.6 Å². The lowest BCUT2D eigenvalue weighted by atomic mass is 9.73. The molecule has 2 saturated heterocycles. The number of carbonyl (C=O) groups is 3. The van der Waals surface area contributed by atoms with E-state index in [0.29, 0.717) is 19.3 Å². The predicted octanol–water partition coefficient (Wildman–Crippen LogP) is 5.31. The summed E-state index contributed by atoms with van der Waals surface area (Å²) in [5.74, 6) is -1.81. The molecule has 2 aliphatic rings. The first-order valence-corrected chi connectivity index (χ1v) is 15.5. The lowest BCUT2D eigenvalue weighted by Gasteiger charge is -2.34. The van der Waals surface area contributed by atoms with Gasteiger partial charge in [0, 0.05) is 17.7 Å². The van der Waals surface area contributed by atoms with Crippen LogP contribution in [-0.4, -0.2) is 73.9 Å². The molecule has 230 valence electrons. The smallest absolute Gasteiger partial charge is 0.410 e. The molecule has 1 amide bonds. The average molecular weight is 593 g/mol. The van der Waals surface area contributed by atoms with Gasteiger partial charge in [0.15, 0.2) is 0 Å². The molecule has 0 unspecified atom stereocenters. The number of amides is 1. The van der Waals surface area contributed by atoms with E-state index in [-0.39, 0.29) is 30.2 Å². The van der Waals surface area contributed by atoms with E-state index < -0.39 is 47.3 Å². The van der Waals surface area contributed by atoms with Crippen LogP contribution in [-0.2, 0) is 19.1 Å². The Morgan fingerprint density at radius 3 is 2.44 bits per heavy atom. The summed E-state index contributed by atoms with van der Waals surface area (Å²) in [6, 6.07) is -0.292. The van der Waals surface area contributed by atoms with Gasteiger partial charge in [0.1, 0.15) is 17.5 Å². The third-order valence-electron chi connectivity index (χ3n) is 8.42. The van der Waals surface area contributed by atoms with Gasteiger partial charge in [-0.3, -0.25) is 14.5 Å². The number of nitrogens with zero attached hydrogens (tertiary/aromatic N) is 2. The SMILES string of the molecule is C/C(=C\c1csc(C)n1)[C@@H]1C[C@H]2[C@@H](CCC[C@H](C)[C@H](O)[C@@H](C)C(=O)C(C)(C)[C@@H](O)CC(=O)O1)N2C(=O)OC(C)(C)C. The Morgan fingerprint density at radius 2 is 1.85 bits per heavy atom. The molecule has 2 N–H and O–H groups in total. The molecule has 0 aromatic carbocycles.